The van der Waals surface area contributed by atoms with Gasteiger partial charge in [0.25, 0.3) is 5.56 Å². The van der Waals surface area contributed by atoms with E-state index in [9.17, 15) is 9.59 Å². The van der Waals surface area contributed by atoms with Crippen LogP contribution in [0.5, 0.6) is 0 Å². The molecule has 0 aliphatic rings. The Hall–Kier alpha value is -1.40. The lowest BCUT2D eigenvalue weighted by atomic mass is 10.2. The molecule has 1 aromatic carbocycles. The van der Waals surface area contributed by atoms with Gasteiger partial charge in [0, 0.05) is 17.6 Å². The number of hydrogen-bond acceptors (Lipinski definition) is 3. The standard InChI is InChI=1S/C11H12BrN3O2/c1-13-5-6-15-10(16)9-7(12)3-2-4-8(9)14-11(15)17/h2-4,13H,5-6H2,1H3,(H,14,17). The monoisotopic (exact) mass is 297 g/mol. The highest BCUT2D eigenvalue weighted by Gasteiger charge is 2.09. The second kappa shape index (κ2) is 4.85. The Labute approximate surface area is 106 Å². The van der Waals surface area contributed by atoms with E-state index < -0.39 is 0 Å². The summed E-state index contributed by atoms with van der Waals surface area (Å²) in [6.45, 7) is 0.918. The summed E-state index contributed by atoms with van der Waals surface area (Å²) in [5, 5.41) is 3.41. The molecule has 2 N–H and O–H groups in total. The second-order valence-electron chi connectivity index (χ2n) is 3.65. The van der Waals surface area contributed by atoms with Gasteiger partial charge in [-0.05, 0) is 35.1 Å². The fraction of sp³-hybridized carbons (Fsp3) is 0.273. The lowest BCUT2D eigenvalue weighted by Crippen LogP contribution is -2.37. The topological polar surface area (TPSA) is 66.9 Å². The minimum absolute atomic E-state index is 0.272. The van der Waals surface area contributed by atoms with Crippen molar-refractivity contribution >= 4 is 26.8 Å². The Morgan fingerprint density at radius 1 is 1.41 bits per heavy atom. The fourth-order valence-corrected chi connectivity index (χ4v) is 2.22. The molecular weight excluding hydrogens is 286 g/mol. The van der Waals surface area contributed by atoms with Crippen LogP contribution >= 0.6 is 15.9 Å². The number of halogens is 1. The molecule has 1 aromatic heterocycles. The van der Waals surface area contributed by atoms with Crippen LogP contribution in [-0.4, -0.2) is 23.1 Å². The Morgan fingerprint density at radius 2 is 2.18 bits per heavy atom. The minimum Gasteiger partial charge on any atom is -0.318 e. The zero-order chi connectivity index (χ0) is 12.4. The molecule has 6 heteroatoms. The van der Waals surface area contributed by atoms with Crippen molar-refractivity contribution in [2.75, 3.05) is 13.6 Å². The van der Waals surface area contributed by atoms with Crippen molar-refractivity contribution in [3.05, 3.63) is 43.5 Å². The molecule has 90 valence electrons. The maximum Gasteiger partial charge on any atom is 0.328 e. The SMILES string of the molecule is CNCCn1c(=O)[nH]c2cccc(Br)c2c1=O. The summed E-state index contributed by atoms with van der Waals surface area (Å²) < 4.78 is 1.89. The molecule has 0 saturated heterocycles. The van der Waals surface area contributed by atoms with Gasteiger partial charge in [-0.25, -0.2) is 4.79 Å². The third-order valence-corrected chi connectivity index (χ3v) is 3.21. The van der Waals surface area contributed by atoms with Crippen LogP contribution in [0.2, 0.25) is 0 Å². The van der Waals surface area contributed by atoms with E-state index in [-0.39, 0.29) is 11.2 Å². The van der Waals surface area contributed by atoms with Crippen molar-refractivity contribution in [2.24, 2.45) is 0 Å². The molecule has 0 bridgehead atoms. The van der Waals surface area contributed by atoms with Gasteiger partial charge in [0.2, 0.25) is 0 Å². The molecule has 0 aliphatic heterocycles. The smallest absolute Gasteiger partial charge is 0.318 e. The summed E-state index contributed by atoms with van der Waals surface area (Å²) in [6.07, 6.45) is 0. The zero-order valence-corrected chi connectivity index (χ0v) is 10.9. The first-order valence-corrected chi connectivity index (χ1v) is 6.00. The predicted molar refractivity (Wildman–Crippen MR) is 70.5 cm³/mol. The average molecular weight is 298 g/mol. The number of aromatic amines is 1. The van der Waals surface area contributed by atoms with E-state index in [0.717, 1.165) is 0 Å². The lowest BCUT2D eigenvalue weighted by Gasteiger charge is -2.06. The van der Waals surface area contributed by atoms with Crippen LogP contribution in [0, 0.1) is 0 Å². The molecule has 5 nitrogen and oxygen atoms in total. The first-order chi connectivity index (χ1) is 8.15. The number of rotatable bonds is 3. The maximum atomic E-state index is 12.2. The molecular formula is C11H12BrN3O2. The van der Waals surface area contributed by atoms with Crippen molar-refractivity contribution in [1.29, 1.82) is 0 Å². The normalized spacial score (nSPS) is 10.9. The number of hydrogen-bond donors (Lipinski definition) is 2. The molecule has 17 heavy (non-hydrogen) atoms. The molecule has 2 rings (SSSR count). The molecule has 2 aromatic rings. The zero-order valence-electron chi connectivity index (χ0n) is 9.29. The number of nitrogens with zero attached hydrogens (tertiary/aromatic N) is 1. The first-order valence-electron chi connectivity index (χ1n) is 5.21. The lowest BCUT2D eigenvalue weighted by molar-refractivity contribution is 0.602. The summed E-state index contributed by atoms with van der Waals surface area (Å²) >= 11 is 3.32. The third-order valence-electron chi connectivity index (χ3n) is 2.54. The average Bonchev–Trinajstić information content (AvgIpc) is 2.28. The number of H-pyrrole nitrogens is 1. The Kier molecular flexibility index (Phi) is 3.44. The van der Waals surface area contributed by atoms with Gasteiger partial charge in [0.1, 0.15) is 0 Å². The van der Waals surface area contributed by atoms with E-state index >= 15 is 0 Å². The largest absolute Gasteiger partial charge is 0.328 e. The Morgan fingerprint density at radius 3 is 2.88 bits per heavy atom. The van der Waals surface area contributed by atoms with Crippen molar-refractivity contribution in [1.82, 2.24) is 14.9 Å². The van der Waals surface area contributed by atoms with Crippen LogP contribution in [0.4, 0.5) is 0 Å². The highest BCUT2D eigenvalue weighted by atomic mass is 79.9. The van der Waals surface area contributed by atoms with Gasteiger partial charge in [0.05, 0.1) is 10.9 Å². The van der Waals surface area contributed by atoms with Gasteiger partial charge in [-0.3, -0.25) is 9.36 Å². The van der Waals surface area contributed by atoms with Crippen molar-refractivity contribution in [3.8, 4) is 0 Å². The van der Waals surface area contributed by atoms with Gasteiger partial charge >= 0.3 is 5.69 Å². The van der Waals surface area contributed by atoms with E-state index in [1.807, 2.05) is 0 Å². The van der Waals surface area contributed by atoms with Crippen LogP contribution in [0.3, 0.4) is 0 Å². The van der Waals surface area contributed by atoms with Crippen LogP contribution in [0.1, 0.15) is 0 Å². The van der Waals surface area contributed by atoms with Crippen LogP contribution < -0.4 is 16.6 Å². The number of benzene rings is 1. The van der Waals surface area contributed by atoms with Gasteiger partial charge in [-0.15, -0.1) is 0 Å². The van der Waals surface area contributed by atoms with E-state index in [1.165, 1.54) is 4.57 Å². The van der Waals surface area contributed by atoms with Crippen molar-refractivity contribution in [3.63, 3.8) is 0 Å². The quantitative estimate of drug-likeness (QED) is 0.875. The number of aromatic nitrogens is 2. The molecule has 0 atom stereocenters. The number of nitrogens with one attached hydrogen (secondary N) is 2. The molecule has 0 amide bonds. The molecule has 0 spiro atoms. The first kappa shape index (κ1) is 12.1. The molecule has 0 unspecified atom stereocenters. The van der Waals surface area contributed by atoms with E-state index in [0.29, 0.717) is 28.5 Å². The van der Waals surface area contributed by atoms with Crippen molar-refractivity contribution in [2.45, 2.75) is 6.54 Å². The van der Waals surface area contributed by atoms with Crippen molar-refractivity contribution < 1.29 is 0 Å². The fourth-order valence-electron chi connectivity index (χ4n) is 1.68. The van der Waals surface area contributed by atoms with E-state index in [2.05, 4.69) is 26.2 Å². The summed E-state index contributed by atoms with van der Waals surface area (Å²) in [5.74, 6) is 0. The molecule has 0 radical (unpaired) electrons. The Bertz CT molecular complexity index is 660. The maximum absolute atomic E-state index is 12.2. The molecule has 0 saturated carbocycles. The predicted octanol–water partition coefficient (Wildman–Crippen LogP) is 0.672. The van der Waals surface area contributed by atoms with E-state index in [4.69, 9.17) is 0 Å². The summed E-state index contributed by atoms with van der Waals surface area (Å²) in [6, 6.07) is 5.27. The Balaban J connectivity index is 2.74. The minimum atomic E-state index is -0.379. The summed E-state index contributed by atoms with van der Waals surface area (Å²) in [5.41, 5.74) is -0.0996. The molecule has 0 aliphatic carbocycles. The third kappa shape index (κ3) is 2.18. The molecule has 1 heterocycles. The van der Waals surface area contributed by atoms with Gasteiger partial charge in [-0.1, -0.05) is 6.07 Å². The van der Waals surface area contributed by atoms with Gasteiger partial charge in [-0.2, -0.15) is 0 Å². The highest BCUT2D eigenvalue weighted by Crippen LogP contribution is 2.17. The number of likely N-dealkylation sites (N-methyl/N-ethyl adjacent to an activating group) is 1. The van der Waals surface area contributed by atoms with Crippen LogP contribution in [-0.2, 0) is 6.54 Å². The summed E-state index contributed by atoms with van der Waals surface area (Å²) in [4.78, 5) is 26.6. The van der Waals surface area contributed by atoms with Gasteiger partial charge in [0.15, 0.2) is 0 Å². The van der Waals surface area contributed by atoms with Crippen LogP contribution in [0.25, 0.3) is 10.9 Å². The second-order valence-corrected chi connectivity index (χ2v) is 4.51. The molecule has 0 fully saturated rings. The van der Waals surface area contributed by atoms with Gasteiger partial charge < -0.3 is 10.3 Å². The number of fused-ring (bicyclic) bond motifs is 1. The highest BCUT2D eigenvalue weighted by molar-refractivity contribution is 9.10. The van der Waals surface area contributed by atoms with E-state index in [1.54, 1.807) is 25.2 Å². The van der Waals surface area contributed by atoms with Crippen LogP contribution in [0.15, 0.2) is 32.3 Å². The summed E-state index contributed by atoms with van der Waals surface area (Å²) in [7, 11) is 1.77.